The molecular weight excluding hydrogens is 861 g/mol. The van der Waals surface area contributed by atoms with Crippen LogP contribution in [0.1, 0.15) is 104 Å². The number of alkyl carbamates (subject to hydrolysis) is 1. The smallest absolute Gasteiger partial charge is 0.408 e. The minimum atomic E-state index is -1.08. The zero-order chi connectivity index (χ0) is 47.8. The minimum absolute atomic E-state index is 0.0462. The first-order chi connectivity index (χ1) is 31.4. The number of ether oxygens (including phenoxy) is 5. The largest absolute Gasteiger partial charge is 0.467 e. The fourth-order valence-electron chi connectivity index (χ4n) is 8.82. The fraction of sp³-hybridized carbons (Fsp3) is 0.653. The number of nitrogens with one attached hydrogen (secondary N) is 2. The van der Waals surface area contributed by atoms with Crippen molar-refractivity contribution in [3.63, 3.8) is 0 Å². The molecule has 2 amide bonds. The molecule has 2 fully saturated rings. The van der Waals surface area contributed by atoms with Crippen molar-refractivity contribution in [1.29, 1.82) is 0 Å². The van der Waals surface area contributed by atoms with Gasteiger partial charge < -0.3 is 43.4 Å². The van der Waals surface area contributed by atoms with E-state index in [1.54, 1.807) is 32.9 Å². The van der Waals surface area contributed by atoms with Gasteiger partial charge in [-0.05, 0) is 104 Å². The van der Waals surface area contributed by atoms with Gasteiger partial charge >= 0.3 is 6.09 Å². The van der Waals surface area contributed by atoms with Crippen LogP contribution in [-0.4, -0.2) is 146 Å². The van der Waals surface area contributed by atoms with Gasteiger partial charge in [-0.15, -0.1) is 11.8 Å². The molecule has 0 spiro atoms. The van der Waals surface area contributed by atoms with Gasteiger partial charge in [-0.2, -0.15) is 0 Å². The van der Waals surface area contributed by atoms with Crippen LogP contribution in [0.25, 0.3) is 22.2 Å². The maximum atomic E-state index is 14.3. The first-order valence-electron chi connectivity index (χ1n) is 23.6. The average Bonchev–Trinajstić information content (AvgIpc) is 3.89. The normalized spacial score (nSPS) is 18.9. The van der Waals surface area contributed by atoms with Crippen molar-refractivity contribution in [2.75, 3.05) is 83.9 Å². The summed E-state index contributed by atoms with van der Waals surface area (Å²) in [5.74, 6) is 0.303. The summed E-state index contributed by atoms with van der Waals surface area (Å²) >= 11 is 1.54. The van der Waals surface area contributed by atoms with Crippen molar-refractivity contribution in [2.24, 2.45) is 10.4 Å². The lowest BCUT2D eigenvalue weighted by Gasteiger charge is -2.34. The summed E-state index contributed by atoms with van der Waals surface area (Å²) in [6.07, 6.45) is 2.55. The van der Waals surface area contributed by atoms with Gasteiger partial charge in [-0.3, -0.25) is 24.6 Å². The Balaban J connectivity index is 1.50. The number of thioether (sulfide) groups is 1. The first-order valence-corrected chi connectivity index (χ1v) is 24.6. The first kappa shape index (κ1) is 51.1. The number of likely N-dealkylation sites (N-methyl/N-ethyl adjacent to an activating group) is 1. The Morgan fingerprint density at radius 1 is 1.03 bits per heavy atom. The molecule has 6 rings (SSSR count). The zero-order valence-electron chi connectivity index (χ0n) is 41.1. The standard InChI is InChI=1S/C49H74N8O8S/c1-12-63-44(42(53-47(60)65-48(5,6)7)46(59)57-18-14-13-17-51-57)45-52-39(29-66-45)34-15-16-40-36(25-34)38(27-49(8,9)30-62-31-58)43(56(40)23-24-64-32(2)3)37-26-35(28-50-41(37)33(4)61-11)55-21-19-54(10)20-22-55/h15-16,25-26,28,31-33,39,42,44,51H,12-14,17-24,27,29-30H2,1-11H3,(H,53,60)/t33-,39?,42-,44-/m0/s1. The lowest BCUT2D eigenvalue weighted by atomic mass is 9.84. The number of anilines is 1. The summed E-state index contributed by atoms with van der Waals surface area (Å²) in [5, 5.41) is 6.14. The lowest BCUT2D eigenvalue weighted by Crippen LogP contribution is -2.61. The molecule has 364 valence electrons. The second-order valence-corrected chi connectivity index (χ2v) is 20.7. The Kier molecular flexibility index (Phi) is 17.6. The number of hydrazine groups is 1. The summed E-state index contributed by atoms with van der Waals surface area (Å²) in [5.41, 5.74) is 9.02. The lowest BCUT2D eigenvalue weighted by molar-refractivity contribution is -0.140. The van der Waals surface area contributed by atoms with Gasteiger partial charge in [0.1, 0.15) is 22.8 Å². The quantitative estimate of drug-likeness (QED) is 0.112. The van der Waals surface area contributed by atoms with E-state index in [4.69, 9.17) is 33.7 Å². The molecule has 3 aliphatic heterocycles. The highest BCUT2D eigenvalue weighted by Crippen LogP contribution is 2.44. The topological polar surface area (TPSA) is 161 Å². The molecule has 4 atom stereocenters. The molecule has 5 heterocycles. The van der Waals surface area contributed by atoms with Crippen molar-refractivity contribution >= 4 is 51.9 Å². The predicted molar refractivity (Wildman–Crippen MR) is 261 cm³/mol. The summed E-state index contributed by atoms with van der Waals surface area (Å²) in [7, 11) is 3.87. The minimum Gasteiger partial charge on any atom is -0.467 e. The number of aromatic nitrogens is 2. The van der Waals surface area contributed by atoms with Crippen molar-refractivity contribution in [2.45, 2.75) is 124 Å². The number of rotatable bonds is 20. The highest BCUT2D eigenvalue weighted by atomic mass is 32.2. The molecule has 16 nitrogen and oxygen atoms in total. The van der Waals surface area contributed by atoms with E-state index in [0.29, 0.717) is 56.5 Å². The van der Waals surface area contributed by atoms with Gasteiger partial charge in [0.05, 0.1) is 54.7 Å². The second-order valence-electron chi connectivity index (χ2n) is 19.6. The number of benzene rings is 1. The Bertz CT molecular complexity index is 2160. The van der Waals surface area contributed by atoms with E-state index in [0.717, 1.165) is 83.7 Å². The van der Waals surface area contributed by atoms with Crippen LogP contribution < -0.4 is 15.6 Å². The molecule has 17 heteroatoms. The zero-order valence-corrected chi connectivity index (χ0v) is 41.9. The number of hydrogen-bond acceptors (Lipinski definition) is 14. The van der Waals surface area contributed by atoms with Crippen LogP contribution in [0.3, 0.4) is 0 Å². The van der Waals surface area contributed by atoms with Crippen LogP contribution in [0.15, 0.2) is 35.5 Å². The van der Waals surface area contributed by atoms with E-state index in [2.05, 4.69) is 70.3 Å². The number of hydrogen-bond donors (Lipinski definition) is 2. The maximum absolute atomic E-state index is 14.3. The molecule has 3 aromatic rings. The third-order valence-electron chi connectivity index (χ3n) is 12.2. The summed E-state index contributed by atoms with van der Waals surface area (Å²) in [4.78, 5) is 54.3. The number of piperazine rings is 1. The number of carbonyl (C=O) groups is 3. The summed E-state index contributed by atoms with van der Waals surface area (Å²) < 4.78 is 32.0. The van der Waals surface area contributed by atoms with Crippen LogP contribution in [0.4, 0.5) is 10.5 Å². The van der Waals surface area contributed by atoms with Gasteiger partial charge in [0.15, 0.2) is 0 Å². The van der Waals surface area contributed by atoms with E-state index in [1.807, 2.05) is 33.9 Å². The van der Waals surface area contributed by atoms with E-state index in [1.165, 1.54) is 11.8 Å². The second kappa shape index (κ2) is 22.7. The van der Waals surface area contributed by atoms with E-state index < -0.39 is 29.3 Å². The van der Waals surface area contributed by atoms with Crippen molar-refractivity contribution < 1.29 is 38.1 Å². The molecule has 2 N–H and O–H groups in total. The molecule has 66 heavy (non-hydrogen) atoms. The Morgan fingerprint density at radius 3 is 2.44 bits per heavy atom. The molecule has 3 aliphatic rings. The highest BCUT2D eigenvalue weighted by molar-refractivity contribution is 8.14. The van der Waals surface area contributed by atoms with Crippen molar-refractivity contribution in [3.8, 4) is 11.3 Å². The molecular formula is C49H74N8O8S. The molecule has 0 saturated carbocycles. The van der Waals surface area contributed by atoms with Crippen LogP contribution in [-0.2, 0) is 46.2 Å². The SMILES string of the molecule is CCO[C@H](C1=NC(c2ccc3c(c2)c(CC(C)(C)COC=O)c(-c2cc(N4CCN(C)CC4)cnc2[C@H](C)OC)n3CCOC(C)C)CS1)[C@H](NC(=O)OC(C)(C)C)C(=O)N1CCCCN1. The van der Waals surface area contributed by atoms with Crippen molar-refractivity contribution in [3.05, 3.63) is 47.3 Å². The maximum Gasteiger partial charge on any atom is 0.408 e. The molecule has 0 aliphatic carbocycles. The van der Waals surface area contributed by atoms with Crippen LogP contribution in [0, 0.1) is 5.41 Å². The average molecular weight is 935 g/mol. The van der Waals surface area contributed by atoms with Gasteiger partial charge in [-0.1, -0.05) is 19.9 Å². The third-order valence-corrected chi connectivity index (χ3v) is 13.3. The molecule has 2 aromatic heterocycles. The fourth-order valence-corrected chi connectivity index (χ4v) is 9.98. The number of fused-ring (bicyclic) bond motifs is 1. The van der Waals surface area contributed by atoms with E-state index in [9.17, 15) is 14.4 Å². The number of nitrogens with zero attached hydrogens (tertiary/aromatic N) is 6. The molecule has 1 unspecified atom stereocenters. The van der Waals surface area contributed by atoms with Crippen molar-refractivity contribution in [1.82, 2.24) is 30.2 Å². The van der Waals surface area contributed by atoms with Gasteiger partial charge in [0.25, 0.3) is 12.4 Å². The highest BCUT2D eigenvalue weighted by Gasteiger charge is 2.41. The van der Waals surface area contributed by atoms with Gasteiger partial charge in [-0.25, -0.2) is 10.2 Å². The van der Waals surface area contributed by atoms with Gasteiger partial charge in [0.2, 0.25) is 0 Å². The molecule has 2 saturated heterocycles. The summed E-state index contributed by atoms with van der Waals surface area (Å²) in [6, 6.07) is 7.48. The number of methoxy groups -OCH3 is 1. The predicted octanol–water partition coefficient (Wildman–Crippen LogP) is 6.94. The molecule has 0 radical (unpaired) electrons. The Hall–Kier alpha value is -4.26. The number of aliphatic imine (C=N–C) groups is 1. The Labute approximate surface area is 395 Å². The monoisotopic (exact) mass is 935 g/mol. The van der Waals surface area contributed by atoms with Gasteiger partial charge in [0, 0.05) is 87.2 Å². The summed E-state index contributed by atoms with van der Waals surface area (Å²) in [6.45, 7) is 24.6. The number of pyridine rings is 1. The number of carbonyl (C=O) groups excluding carboxylic acids is 3. The molecule has 1 aromatic carbocycles. The van der Waals surface area contributed by atoms with E-state index in [-0.39, 0.29) is 30.8 Å². The Morgan fingerprint density at radius 2 is 1.79 bits per heavy atom. The number of amides is 2. The molecule has 0 bridgehead atoms. The van der Waals surface area contributed by atoms with Crippen LogP contribution in [0.2, 0.25) is 0 Å². The van der Waals surface area contributed by atoms with E-state index >= 15 is 0 Å². The van der Waals surface area contributed by atoms with Crippen LogP contribution in [0.5, 0.6) is 0 Å². The van der Waals surface area contributed by atoms with Crippen LogP contribution >= 0.6 is 11.8 Å². The third kappa shape index (κ3) is 12.8.